The highest BCUT2D eigenvalue weighted by Crippen LogP contribution is 2.35. The highest BCUT2D eigenvalue weighted by Gasteiger charge is 2.32. The lowest BCUT2D eigenvalue weighted by molar-refractivity contribution is -0.385. The molecule has 2 aromatic rings. The highest BCUT2D eigenvalue weighted by atomic mass is 16.6. The van der Waals surface area contributed by atoms with Crippen LogP contribution in [0.2, 0.25) is 0 Å². The molecule has 1 aromatic heterocycles. The fourth-order valence-electron chi connectivity index (χ4n) is 2.30. The number of ether oxygens (including phenoxy) is 1. The minimum atomic E-state index is -0.425. The van der Waals surface area contributed by atoms with E-state index < -0.39 is 4.92 Å². The summed E-state index contributed by atoms with van der Waals surface area (Å²) in [5.74, 6) is 0. The van der Waals surface area contributed by atoms with E-state index in [1.807, 2.05) is 30.3 Å². The van der Waals surface area contributed by atoms with E-state index in [0.29, 0.717) is 6.61 Å². The number of hydrogen-bond donors (Lipinski definition) is 0. The topological polar surface area (TPSA) is 70.2 Å². The molecule has 3 rings (SSSR count). The van der Waals surface area contributed by atoms with Gasteiger partial charge in [0.1, 0.15) is 12.4 Å². The second-order valence-electron chi connectivity index (χ2n) is 4.98. The third kappa shape index (κ3) is 2.70. The molecule has 0 atom stereocenters. The lowest BCUT2D eigenvalue weighted by Gasteiger charge is -2.35. The Balaban J connectivity index is 1.47. The second kappa shape index (κ2) is 5.42. The molecule has 1 heterocycles. The maximum Gasteiger partial charge on any atom is 0.307 e. The van der Waals surface area contributed by atoms with Gasteiger partial charge in [-0.2, -0.15) is 5.10 Å². The first kappa shape index (κ1) is 12.8. The fraction of sp³-hybridized carbons (Fsp3) is 0.357. The molecular weight excluding hydrogens is 258 g/mol. The van der Waals surface area contributed by atoms with Crippen LogP contribution in [0, 0.1) is 10.1 Å². The minimum absolute atomic E-state index is 0.0404. The number of benzene rings is 1. The molecule has 0 aliphatic heterocycles. The predicted octanol–water partition coefficient (Wildman–Crippen LogP) is 2.71. The van der Waals surface area contributed by atoms with Crippen LogP contribution in [0.1, 0.15) is 24.4 Å². The highest BCUT2D eigenvalue weighted by molar-refractivity contribution is 5.21. The van der Waals surface area contributed by atoms with Crippen LogP contribution in [0.4, 0.5) is 5.69 Å². The molecule has 0 bridgehead atoms. The van der Waals surface area contributed by atoms with E-state index >= 15 is 0 Å². The Morgan fingerprint density at radius 3 is 2.75 bits per heavy atom. The Morgan fingerprint density at radius 2 is 2.10 bits per heavy atom. The van der Waals surface area contributed by atoms with E-state index in [1.54, 1.807) is 4.68 Å². The summed E-state index contributed by atoms with van der Waals surface area (Å²) in [7, 11) is 0. The fourth-order valence-corrected chi connectivity index (χ4v) is 2.30. The summed E-state index contributed by atoms with van der Waals surface area (Å²) >= 11 is 0. The molecule has 6 heteroatoms. The molecule has 1 saturated carbocycles. The Kier molecular flexibility index (Phi) is 3.47. The molecule has 104 valence electrons. The summed E-state index contributed by atoms with van der Waals surface area (Å²) in [5.41, 5.74) is 1.20. The van der Waals surface area contributed by atoms with Crippen molar-refractivity contribution in [1.29, 1.82) is 0 Å². The van der Waals surface area contributed by atoms with Crippen molar-refractivity contribution < 1.29 is 9.66 Å². The van der Waals surface area contributed by atoms with Gasteiger partial charge in [-0.3, -0.25) is 14.8 Å². The van der Waals surface area contributed by atoms with Crippen molar-refractivity contribution in [3.05, 3.63) is 58.4 Å². The van der Waals surface area contributed by atoms with Gasteiger partial charge >= 0.3 is 5.69 Å². The molecule has 6 nitrogen and oxygen atoms in total. The first-order chi connectivity index (χ1) is 9.72. The normalized spacial score (nSPS) is 21.4. The van der Waals surface area contributed by atoms with Crippen LogP contribution in [-0.2, 0) is 11.3 Å². The zero-order valence-corrected chi connectivity index (χ0v) is 10.9. The first-order valence-electron chi connectivity index (χ1n) is 6.56. The number of rotatable bonds is 5. The molecule has 1 aliphatic rings. The van der Waals surface area contributed by atoms with E-state index in [0.717, 1.165) is 18.4 Å². The maximum atomic E-state index is 10.6. The zero-order chi connectivity index (χ0) is 13.9. The Labute approximate surface area is 116 Å². The van der Waals surface area contributed by atoms with Crippen LogP contribution in [-0.4, -0.2) is 20.8 Å². The second-order valence-corrected chi connectivity index (χ2v) is 4.98. The average molecular weight is 273 g/mol. The third-order valence-electron chi connectivity index (χ3n) is 3.57. The number of hydrogen-bond acceptors (Lipinski definition) is 4. The number of aromatic nitrogens is 2. The SMILES string of the molecule is O=[N+]([O-])c1cnn(C2CC(OCc3ccccc3)C2)c1. The third-order valence-corrected chi connectivity index (χ3v) is 3.57. The van der Waals surface area contributed by atoms with Crippen molar-refractivity contribution in [2.24, 2.45) is 0 Å². The van der Waals surface area contributed by atoms with Crippen LogP contribution in [0.5, 0.6) is 0 Å². The van der Waals surface area contributed by atoms with E-state index in [2.05, 4.69) is 5.10 Å². The molecule has 1 aromatic carbocycles. The van der Waals surface area contributed by atoms with Gasteiger partial charge in [-0.1, -0.05) is 30.3 Å². The predicted molar refractivity (Wildman–Crippen MR) is 72.2 cm³/mol. The van der Waals surface area contributed by atoms with Crippen molar-refractivity contribution in [1.82, 2.24) is 9.78 Å². The van der Waals surface area contributed by atoms with Gasteiger partial charge in [-0.05, 0) is 18.4 Å². The van der Waals surface area contributed by atoms with Crippen molar-refractivity contribution >= 4 is 5.69 Å². The van der Waals surface area contributed by atoms with Gasteiger partial charge in [-0.15, -0.1) is 0 Å². The molecule has 20 heavy (non-hydrogen) atoms. The monoisotopic (exact) mass is 273 g/mol. The van der Waals surface area contributed by atoms with Crippen molar-refractivity contribution in [3.63, 3.8) is 0 Å². The van der Waals surface area contributed by atoms with E-state index in [-0.39, 0.29) is 17.8 Å². The number of nitro groups is 1. The van der Waals surface area contributed by atoms with Crippen LogP contribution in [0.25, 0.3) is 0 Å². The zero-order valence-electron chi connectivity index (χ0n) is 10.9. The van der Waals surface area contributed by atoms with Gasteiger partial charge in [-0.25, -0.2) is 0 Å². The van der Waals surface area contributed by atoms with Gasteiger partial charge in [0.15, 0.2) is 0 Å². The van der Waals surface area contributed by atoms with Crippen LogP contribution in [0.15, 0.2) is 42.7 Å². The summed E-state index contributed by atoms with van der Waals surface area (Å²) in [4.78, 5) is 10.2. The summed E-state index contributed by atoms with van der Waals surface area (Å²) < 4.78 is 7.46. The van der Waals surface area contributed by atoms with Crippen LogP contribution in [0.3, 0.4) is 0 Å². The standard InChI is InChI=1S/C14H15N3O3/c18-17(19)13-8-15-16(9-13)12-6-14(7-12)20-10-11-4-2-1-3-5-11/h1-5,8-9,12,14H,6-7,10H2. The van der Waals surface area contributed by atoms with Gasteiger partial charge < -0.3 is 4.74 Å². The molecule has 0 unspecified atom stereocenters. The van der Waals surface area contributed by atoms with Gasteiger partial charge in [0.05, 0.1) is 23.7 Å². The molecule has 0 N–H and O–H groups in total. The summed E-state index contributed by atoms with van der Waals surface area (Å²) in [6.07, 6.45) is 4.69. The van der Waals surface area contributed by atoms with Crippen molar-refractivity contribution in [3.8, 4) is 0 Å². The maximum absolute atomic E-state index is 10.6. The quantitative estimate of drug-likeness (QED) is 0.620. The van der Waals surface area contributed by atoms with Crippen LogP contribution >= 0.6 is 0 Å². The van der Waals surface area contributed by atoms with Crippen molar-refractivity contribution in [2.75, 3.05) is 0 Å². The molecular formula is C14H15N3O3. The summed E-state index contributed by atoms with van der Waals surface area (Å²) in [5, 5.41) is 14.6. The molecule has 0 spiro atoms. The Morgan fingerprint density at radius 1 is 1.35 bits per heavy atom. The van der Waals surface area contributed by atoms with Gasteiger partial charge in [0, 0.05) is 0 Å². The smallest absolute Gasteiger partial charge is 0.307 e. The molecule has 1 aliphatic carbocycles. The molecule has 0 radical (unpaired) electrons. The largest absolute Gasteiger partial charge is 0.373 e. The first-order valence-corrected chi connectivity index (χ1v) is 6.56. The minimum Gasteiger partial charge on any atom is -0.373 e. The summed E-state index contributed by atoms with van der Waals surface area (Å²) in [6, 6.07) is 10.2. The molecule has 0 amide bonds. The summed E-state index contributed by atoms with van der Waals surface area (Å²) in [6.45, 7) is 0.609. The number of nitrogens with zero attached hydrogens (tertiary/aromatic N) is 3. The molecule has 1 fully saturated rings. The van der Waals surface area contributed by atoms with Crippen LogP contribution < -0.4 is 0 Å². The Bertz CT molecular complexity index is 591. The van der Waals surface area contributed by atoms with Gasteiger partial charge in [0.25, 0.3) is 0 Å². The van der Waals surface area contributed by atoms with E-state index in [4.69, 9.17) is 4.74 Å². The van der Waals surface area contributed by atoms with Gasteiger partial charge in [0.2, 0.25) is 0 Å². The van der Waals surface area contributed by atoms with Crippen molar-refractivity contribution in [2.45, 2.75) is 31.6 Å². The lowest BCUT2D eigenvalue weighted by atomic mass is 9.89. The molecule has 0 saturated heterocycles. The lowest BCUT2D eigenvalue weighted by Crippen LogP contribution is -2.33. The van der Waals surface area contributed by atoms with E-state index in [1.165, 1.54) is 12.4 Å². The van der Waals surface area contributed by atoms with E-state index in [9.17, 15) is 10.1 Å². The average Bonchev–Trinajstić information content (AvgIpc) is 2.88. The Hall–Kier alpha value is -2.21.